The van der Waals surface area contributed by atoms with Crippen molar-refractivity contribution in [2.75, 3.05) is 44.7 Å². The monoisotopic (exact) mass is 384 g/mol. The lowest BCUT2D eigenvalue weighted by molar-refractivity contribution is -0.131. The highest BCUT2D eigenvalue weighted by Gasteiger charge is 2.33. The highest BCUT2D eigenvalue weighted by Crippen LogP contribution is 2.47. The molecular weight excluding hydrogens is 356 g/mol. The first-order valence-electron chi connectivity index (χ1n) is 10.4. The number of piperazine rings is 1. The van der Waals surface area contributed by atoms with Gasteiger partial charge in [0.2, 0.25) is 11.8 Å². The molecule has 3 aliphatic rings. The quantitative estimate of drug-likeness (QED) is 0.815. The molecule has 2 aromatic rings. The molecule has 1 atom stereocenters. The van der Waals surface area contributed by atoms with Gasteiger partial charge in [0.15, 0.2) is 5.65 Å². The molecule has 2 aromatic heterocycles. The van der Waals surface area contributed by atoms with Crippen molar-refractivity contribution < 1.29 is 9.53 Å². The lowest BCUT2D eigenvalue weighted by Gasteiger charge is -2.37. The Kier molecular flexibility index (Phi) is 4.58. The standard InChI is InChI=1S/C20H28N6O2/c1-28-20-17-18(15(13-4-5-13)12-22-19(17)23-24-20)26-9-7-25(8-10-26)16(27)11-14-3-2-6-21-14/h12-14,21H,2-11H2,1H3,(H,22,23,24). The summed E-state index contributed by atoms with van der Waals surface area (Å²) in [6.45, 7) is 4.23. The smallest absolute Gasteiger partial charge is 0.244 e. The van der Waals surface area contributed by atoms with Crippen LogP contribution >= 0.6 is 0 Å². The molecular formula is C20H28N6O2. The van der Waals surface area contributed by atoms with Gasteiger partial charge in [0, 0.05) is 44.8 Å². The normalized spacial score (nSPS) is 22.8. The van der Waals surface area contributed by atoms with E-state index in [1.54, 1.807) is 7.11 Å². The van der Waals surface area contributed by atoms with Crippen molar-refractivity contribution in [2.45, 2.75) is 44.1 Å². The molecule has 1 amide bonds. The number of carbonyl (C=O) groups is 1. The van der Waals surface area contributed by atoms with Crippen molar-refractivity contribution in [1.29, 1.82) is 0 Å². The van der Waals surface area contributed by atoms with E-state index in [1.807, 2.05) is 11.1 Å². The number of aromatic nitrogens is 3. The summed E-state index contributed by atoms with van der Waals surface area (Å²) in [5.41, 5.74) is 3.26. The number of ether oxygens (including phenoxy) is 1. The number of hydrogen-bond donors (Lipinski definition) is 2. The minimum Gasteiger partial charge on any atom is -0.479 e. The average molecular weight is 384 g/mol. The van der Waals surface area contributed by atoms with Gasteiger partial charge in [-0.05, 0) is 43.7 Å². The third-order valence-corrected chi connectivity index (χ3v) is 6.30. The molecule has 0 radical (unpaired) electrons. The van der Waals surface area contributed by atoms with Crippen molar-refractivity contribution in [1.82, 2.24) is 25.4 Å². The molecule has 5 rings (SSSR count). The number of H-pyrrole nitrogens is 1. The molecule has 8 heteroatoms. The predicted octanol–water partition coefficient (Wildman–Crippen LogP) is 1.63. The molecule has 0 bridgehead atoms. The Morgan fingerprint density at radius 2 is 2.07 bits per heavy atom. The Morgan fingerprint density at radius 3 is 2.75 bits per heavy atom. The van der Waals surface area contributed by atoms with Crippen LogP contribution < -0.4 is 15.0 Å². The van der Waals surface area contributed by atoms with Crippen LogP contribution in [0.2, 0.25) is 0 Å². The Balaban J connectivity index is 1.36. The van der Waals surface area contributed by atoms with E-state index < -0.39 is 0 Å². The lowest BCUT2D eigenvalue weighted by Crippen LogP contribution is -2.50. The van der Waals surface area contributed by atoms with Gasteiger partial charge in [-0.25, -0.2) is 4.98 Å². The molecule has 2 N–H and O–H groups in total. The summed E-state index contributed by atoms with van der Waals surface area (Å²) < 4.78 is 5.51. The second-order valence-electron chi connectivity index (χ2n) is 8.16. The van der Waals surface area contributed by atoms with E-state index in [9.17, 15) is 4.79 Å². The predicted molar refractivity (Wildman–Crippen MR) is 107 cm³/mol. The lowest BCUT2D eigenvalue weighted by atomic mass is 10.1. The second kappa shape index (κ2) is 7.24. The number of fused-ring (bicyclic) bond motifs is 1. The molecule has 28 heavy (non-hydrogen) atoms. The number of methoxy groups -OCH3 is 1. The fourth-order valence-electron chi connectivity index (χ4n) is 4.60. The number of carbonyl (C=O) groups excluding carboxylic acids is 1. The highest BCUT2D eigenvalue weighted by molar-refractivity contribution is 5.96. The van der Waals surface area contributed by atoms with Crippen LogP contribution in [0.25, 0.3) is 11.0 Å². The maximum absolute atomic E-state index is 12.7. The van der Waals surface area contributed by atoms with Gasteiger partial charge in [0.05, 0.1) is 12.8 Å². The van der Waals surface area contributed by atoms with E-state index in [4.69, 9.17) is 4.74 Å². The number of nitrogens with one attached hydrogen (secondary N) is 2. The molecule has 150 valence electrons. The van der Waals surface area contributed by atoms with Gasteiger partial charge in [0.25, 0.3) is 0 Å². The van der Waals surface area contributed by atoms with E-state index in [2.05, 4.69) is 25.4 Å². The van der Waals surface area contributed by atoms with Crippen LogP contribution in [0.4, 0.5) is 5.69 Å². The topological polar surface area (TPSA) is 86.4 Å². The summed E-state index contributed by atoms with van der Waals surface area (Å²) in [4.78, 5) is 21.7. The molecule has 4 heterocycles. The molecule has 2 aliphatic heterocycles. The number of aromatic amines is 1. The molecule has 1 unspecified atom stereocenters. The van der Waals surface area contributed by atoms with Crippen molar-refractivity contribution in [3.8, 4) is 5.88 Å². The fraction of sp³-hybridized carbons (Fsp3) is 0.650. The van der Waals surface area contributed by atoms with E-state index >= 15 is 0 Å². The molecule has 3 fully saturated rings. The van der Waals surface area contributed by atoms with E-state index in [0.717, 1.165) is 50.2 Å². The van der Waals surface area contributed by atoms with Crippen LogP contribution in [-0.2, 0) is 4.79 Å². The van der Waals surface area contributed by atoms with Crippen LogP contribution in [0, 0.1) is 0 Å². The Bertz CT molecular complexity index is 863. The van der Waals surface area contributed by atoms with E-state index in [0.29, 0.717) is 24.3 Å². The summed E-state index contributed by atoms with van der Waals surface area (Å²) in [5, 5.41) is 11.7. The van der Waals surface area contributed by atoms with Gasteiger partial charge in [-0.2, -0.15) is 0 Å². The number of nitrogens with zero attached hydrogens (tertiary/aromatic N) is 4. The number of pyridine rings is 1. The van der Waals surface area contributed by atoms with Crippen molar-refractivity contribution in [3.63, 3.8) is 0 Å². The van der Waals surface area contributed by atoms with Gasteiger partial charge in [-0.15, -0.1) is 5.10 Å². The highest BCUT2D eigenvalue weighted by atomic mass is 16.5. The van der Waals surface area contributed by atoms with E-state index in [1.165, 1.54) is 30.5 Å². The molecule has 0 spiro atoms. The maximum atomic E-state index is 12.7. The zero-order valence-corrected chi connectivity index (χ0v) is 16.4. The first-order valence-corrected chi connectivity index (χ1v) is 10.4. The van der Waals surface area contributed by atoms with Gasteiger partial charge in [-0.1, -0.05) is 0 Å². The minimum absolute atomic E-state index is 0.280. The van der Waals surface area contributed by atoms with Crippen LogP contribution in [0.3, 0.4) is 0 Å². The molecule has 1 aliphatic carbocycles. The first-order chi connectivity index (χ1) is 13.7. The summed E-state index contributed by atoms with van der Waals surface area (Å²) >= 11 is 0. The number of hydrogen-bond acceptors (Lipinski definition) is 6. The summed E-state index contributed by atoms with van der Waals surface area (Å²) in [7, 11) is 1.65. The Labute approximate surface area is 164 Å². The van der Waals surface area contributed by atoms with Crippen molar-refractivity contribution >= 4 is 22.6 Å². The third-order valence-electron chi connectivity index (χ3n) is 6.30. The van der Waals surface area contributed by atoms with Crippen molar-refractivity contribution in [3.05, 3.63) is 11.8 Å². The third kappa shape index (κ3) is 3.19. The first kappa shape index (κ1) is 17.7. The SMILES string of the molecule is COc1n[nH]c2ncc(C3CC3)c(N3CCN(C(=O)CC4CCCN4)CC3)c12. The molecule has 0 aromatic carbocycles. The van der Waals surface area contributed by atoms with E-state index in [-0.39, 0.29) is 5.91 Å². The van der Waals surface area contributed by atoms with Crippen molar-refractivity contribution in [2.24, 2.45) is 0 Å². The van der Waals surface area contributed by atoms with Crippen LogP contribution in [0.15, 0.2) is 6.20 Å². The zero-order valence-electron chi connectivity index (χ0n) is 16.4. The van der Waals surface area contributed by atoms with Crippen LogP contribution in [0.5, 0.6) is 5.88 Å². The van der Waals surface area contributed by atoms with Gasteiger partial charge in [-0.3, -0.25) is 9.89 Å². The molecule has 8 nitrogen and oxygen atoms in total. The number of amides is 1. The van der Waals surface area contributed by atoms with Gasteiger partial charge in [0.1, 0.15) is 5.39 Å². The summed E-state index contributed by atoms with van der Waals surface area (Å²) in [6.07, 6.45) is 7.35. The van der Waals surface area contributed by atoms with Gasteiger partial charge >= 0.3 is 0 Å². The second-order valence-corrected chi connectivity index (χ2v) is 8.16. The Morgan fingerprint density at radius 1 is 1.25 bits per heavy atom. The fourth-order valence-corrected chi connectivity index (χ4v) is 4.60. The summed E-state index contributed by atoms with van der Waals surface area (Å²) in [5.74, 6) is 1.47. The number of rotatable bonds is 5. The number of anilines is 1. The average Bonchev–Trinajstić information content (AvgIpc) is 3.28. The van der Waals surface area contributed by atoms with Crippen LogP contribution in [0.1, 0.15) is 43.6 Å². The largest absolute Gasteiger partial charge is 0.479 e. The Hall–Kier alpha value is -2.35. The molecule has 1 saturated carbocycles. The summed E-state index contributed by atoms with van der Waals surface area (Å²) in [6, 6.07) is 0.363. The zero-order chi connectivity index (χ0) is 19.1. The minimum atomic E-state index is 0.280. The van der Waals surface area contributed by atoms with Gasteiger partial charge < -0.3 is 19.9 Å². The molecule has 2 saturated heterocycles. The maximum Gasteiger partial charge on any atom is 0.244 e. The van der Waals surface area contributed by atoms with Crippen LogP contribution in [-0.4, -0.2) is 71.9 Å².